The normalized spacial score (nSPS) is 16.1. The summed E-state index contributed by atoms with van der Waals surface area (Å²) < 4.78 is 7.17. The first kappa shape index (κ1) is 19.4. The quantitative estimate of drug-likeness (QED) is 0.696. The SMILES string of the molecule is CC[C@@H](O)CN1CCN(C(=O)c2cc(-c3ccco3)nn2-c2ccccc2)CC1. The minimum absolute atomic E-state index is 0.0464. The third kappa shape index (κ3) is 4.26. The molecule has 1 aliphatic heterocycles. The number of aliphatic hydroxyl groups is 1. The number of aromatic nitrogens is 2. The average molecular weight is 394 g/mol. The van der Waals surface area contributed by atoms with Crippen molar-refractivity contribution < 1.29 is 14.3 Å². The third-order valence-electron chi connectivity index (χ3n) is 5.30. The lowest BCUT2D eigenvalue weighted by molar-refractivity contribution is 0.0517. The first-order valence-electron chi connectivity index (χ1n) is 10.0. The highest BCUT2D eigenvalue weighted by atomic mass is 16.3. The van der Waals surface area contributed by atoms with E-state index >= 15 is 0 Å². The Bertz CT molecular complexity index is 928. The highest BCUT2D eigenvalue weighted by Gasteiger charge is 2.27. The molecule has 3 heterocycles. The lowest BCUT2D eigenvalue weighted by Gasteiger charge is -2.35. The van der Waals surface area contributed by atoms with Crippen molar-refractivity contribution in [1.82, 2.24) is 19.6 Å². The molecule has 3 aromatic rings. The summed E-state index contributed by atoms with van der Waals surface area (Å²) in [7, 11) is 0. The molecule has 1 fully saturated rings. The second-order valence-corrected chi connectivity index (χ2v) is 7.29. The number of benzene rings is 1. The van der Waals surface area contributed by atoms with Gasteiger partial charge in [0.1, 0.15) is 11.4 Å². The van der Waals surface area contributed by atoms with Crippen molar-refractivity contribution in [3.05, 3.63) is 60.5 Å². The zero-order valence-electron chi connectivity index (χ0n) is 16.6. The minimum Gasteiger partial charge on any atom is -0.463 e. The van der Waals surface area contributed by atoms with Crippen LogP contribution in [-0.4, -0.2) is 69.4 Å². The Morgan fingerprint density at radius 2 is 1.90 bits per heavy atom. The van der Waals surface area contributed by atoms with Gasteiger partial charge in [-0.3, -0.25) is 9.69 Å². The lowest BCUT2D eigenvalue weighted by Crippen LogP contribution is -2.50. The van der Waals surface area contributed by atoms with E-state index in [4.69, 9.17) is 4.42 Å². The molecule has 1 atom stereocenters. The number of hydrogen-bond donors (Lipinski definition) is 1. The predicted molar refractivity (Wildman–Crippen MR) is 110 cm³/mol. The van der Waals surface area contributed by atoms with Crippen molar-refractivity contribution in [3.8, 4) is 17.1 Å². The van der Waals surface area contributed by atoms with Gasteiger partial charge in [-0.05, 0) is 30.7 Å². The van der Waals surface area contributed by atoms with Crippen LogP contribution in [-0.2, 0) is 0 Å². The molecule has 0 spiro atoms. The average Bonchev–Trinajstić information content (AvgIpc) is 3.44. The molecule has 1 aromatic carbocycles. The van der Waals surface area contributed by atoms with E-state index in [0.29, 0.717) is 36.8 Å². The summed E-state index contributed by atoms with van der Waals surface area (Å²) in [5.41, 5.74) is 1.98. The van der Waals surface area contributed by atoms with Crippen molar-refractivity contribution in [1.29, 1.82) is 0 Å². The monoisotopic (exact) mass is 394 g/mol. The number of nitrogens with zero attached hydrogens (tertiary/aromatic N) is 4. The number of rotatable bonds is 6. The first-order valence-corrected chi connectivity index (χ1v) is 10.0. The maximum atomic E-state index is 13.3. The number of para-hydroxylation sites is 1. The van der Waals surface area contributed by atoms with E-state index in [1.54, 1.807) is 17.0 Å². The summed E-state index contributed by atoms with van der Waals surface area (Å²) in [4.78, 5) is 17.4. The highest BCUT2D eigenvalue weighted by molar-refractivity contribution is 5.94. The van der Waals surface area contributed by atoms with Crippen LogP contribution >= 0.6 is 0 Å². The van der Waals surface area contributed by atoms with Crippen molar-refractivity contribution >= 4 is 5.91 Å². The zero-order chi connectivity index (χ0) is 20.2. The van der Waals surface area contributed by atoms with Crippen LogP contribution in [0.25, 0.3) is 17.1 Å². The molecule has 0 bridgehead atoms. The second kappa shape index (κ2) is 8.63. The Hall–Kier alpha value is -2.90. The van der Waals surface area contributed by atoms with Crippen LogP contribution in [0.2, 0.25) is 0 Å². The largest absolute Gasteiger partial charge is 0.463 e. The molecule has 7 heteroatoms. The fraction of sp³-hybridized carbons (Fsp3) is 0.364. The maximum absolute atomic E-state index is 13.3. The number of β-amino-alcohol motifs (C(OH)–C–C–N with tert-alkyl or cyclic N) is 1. The fourth-order valence-electron chi connectivity index (χ4n) is 3.57. The van der Waals surface area contributed by atoms with Gasteiger partial charge in [-0.25, -0.2) is 4.68 Å². The van der Waals surface area contributed by atoms with E-state index in [1.165, 1.54) is 0 Å². The zero-order valence-corrected chi connectivity index (χ0v) is 16.6. The maximum Gasteiger partial charge on any atom is 0.272 e. The Morgan fingerprint density at radius 1 is 1.14 bits per heavy atom. The van der Waals surface area contributed by atoms with Gasteiger partial charge in [0.15, 0.2) is 5.76 Å². The molecule has 1 N–H and O–H groups in total. The third-order valence-corrected chi connectivity index (χ3v) is 5.30. The van der Waals surface area contributed by atoms with Crippen LogP contribution in [0, 0.1) is 0 Å². The topological polar surface area (TPSA) is 74.7 Å². The van der Waals surface area contributed by atoms with Gasteiger partial charge in [-0.1, -0.05) is 25.1 Å². The molecule has 7 nitrogen and oxygen atoms in total. The van der Waals surface area contributed by atoms with Crippen LogP contribution in [0.15, 0.2) is 59.2 Å². The van der Waals surface area contributed by atoms with Gasteiger partial charge >= 0.3 is 0 Å². The number of furan rings is 1. The molecule has 1 saturated heterocycles. The molecular weight excluding hydrogens is 368 g/mol. The Balaban J connectivity index is 1.57. The Morgan fingerprint density at radius 3 is 2.55 bits per heavy atom. The van der Waals surface area contributed by atoms with Crippen molar-refractivity contribution in [2.45, 2.75) is 19.4 Å². The van der Waals surface area contributed by atoms with E-state index in [9.17, 15) is 9.90 Å². The van der Waals surface area contributed by atoms with Crippen LogP contribution in [0.1, 0.15) is 23.8 Å². The van der Waals surface area contributed by atoms with E-state index < -0.39 is 0 Å². The summed E-state index contributed by atoms with van der Waals surface area (Å²) in [6, 6.07) is 15.1. The van der Waals surface area contributed by atoms with Gasteiger partial charge < -0.3 is 14.4 Å². The molecule has 4 rings (SSSR count). The second-order valence-electron chi connectivity index (χ2n) is 7.29. The molecule has 1 amide bonds. The molecule has 0 saturated carbocycles. The van der Waals surface area contributed by atoms with Gasteiger partial charge in [0, 0.05) is 38.8 Å². The van der Waals surface area contributed by atoms with Gasteiger partial charge in [-0.2, -0.15) is 5.10 Å². The number of hydrogen-bond acceptors (Lipinski definition) is 5. The molecule has 2 aromatic heterocycles. The van der Waals surface area contributed by atoms with Gasteiger partial charge in [0.05, 0.1) is 18.1 Å². The summed E-state index contributed by atoms with van der Waals surface area (Å²) in [5, 5.41) is 14.5. The number of piperazine rings is 1. The molecule has 0 aliphatic carbocycles. The summed E-state index contributed by atoms with van der Waals surface area (Å²) in [6.07, 6.45) is 2.03. The molecule has 0 radical (unpaired) electrons. The van der Waals surface area contributed by atoms with Crippen molar-refractivity contribution in [2.24, 2.45) is 0 Å². The molecule has 1 aliphatic rings. The van der Waals surface area contributed by atoms with Crippen LogP contribution in [0.3, 0.4) is 0 Å². The predicted octanol–water partition coefficient (Wildman–Crippen LogP) is 2.66. The van der Waals surface area contributed by atoms with E-state index in [1.807, 2.05) is 54.3 Å². The molecule has 152 valence electrons. The van der Waals surface area contributed by atoms with Gasteiger partial charge in [0.25, 0.3) is 5.91 Å². The van der Waals surface area contributed by atoms with Crippen molar-refractivity contribution in [2.75, 3.05) is 32.7 Å². The van der Waals surface area contributed by atoms with Gasteiger partial charge in [0.2, 0.25) is 0 Å². The number of amides is 1. The standard InChI is InChI=1S/C22H26N4O3/c1-2-18(27)16-24-10-12-25(13-11-24)22(28)20-15-19(21-9-6-14-29-21)23-26(20)17-7-4-3-5-8-17/h3-9,14-15,18,27H,2,10-13,16H2,1H3/t18-/m1/s1. The number of carbonyl (C=O) groups excluding carboxylic acids is 1. The summed E-state index contributed by atoms with van der Waals surface area (Å²) in [6.45, 7) is 5.41. The number of aliphatic hydroxyl groups excluding tert-OH is 1. The molecule has 0 unspecified atom stereocenters. The van der Waals surface area contributed by atoms with E-state index in [0.717, 1.165) is 25.2 Å². The van der Waals surface area contributed by atoms with E-state index in [2.05, 4.69) is 10.00 Å². The Kier molecular flexibility index (Phi) is 5.78. The fourth-order valence-corrected chi connectivity index (χ4v) is 3.57. The lowest BCUT2D eigenvalue weighted by atomic mass is 10.2. The summed E-state index contributed by atoms with van der Waals surface area (Å²) in [5.74, 6) is 0.585. The van der Waals surface area contributed by atoms with Crippen LogP contribution in [0.4, 0.5) is 0 Å². The smallest absolute Gasteiger partial charge is 0.272 e. The summed E-state index contributed by atoms with van der Waals surface area (Å²) >= 11 is 0. The Labute approximate surface area is 170 Å². The van der Waals surface area contributed by atoms with Gasteiger partial charge in [-0.15, -0.1) is 0 Å². The van der Waals surface area contributed by atoms with Crippen LogP contribution < -0.4 is 0 Å². The van der Waals surface area contributed by atoms with E-state index in [-0.39, 0.29) is 12.0 Å². The van der Waals surface area contributed by atoms with Crippen molar-refractivity contribution in [3.63, 3.8) is 0 Å². The minimum atomic E-state index is -0.312. The van der Waals surface area contributed by atoms with Crippen LogP contribution in [0.5, 0.6) is 0 Å². The number of carbonyl (C=O) groups is 1. The highest BCUT2D eigenvalue weighted by Crippen LogP contribution is 2.23. The first-order chi connectivity index (χ1) is 14.2. The molecule has 29 heavy (non-hydrogen) atoms. The molecular formula is C22H26N4O3.